The van der Waals surface area contributed by atoms with E-state index in [1.165, 1.54) is 12.3 Å². The summed E-state index contributed by atoms with van der Waals surface area (Å²) in [5.74, 6) is 0.0624. The molecule has 2 N–H and O–H groups in total. The summed E-state index contributed by atoms with van der Waals surface area (Å²) < 4.78 is 18.6. The fourth-order valence-corrected chi connectivity index (χ4v) is 2.06. The number of ether oxygens (including phenoxy) is 1. The highest BCUT2D eigenvalue weighted by Crippen LogP contribution is 2.16. The Balaban J connectivity index is 1.94. The molecule has 5 nitrogen and oxygen atoms in total. The minimum absolute atomic E-state index is 0.291. The number of hydrogen-bond acceptors (Lipinski definition) is 4. The minimum atomic E-state index is -0.448. The fourth-order valence-electron chi connectivity index (χ4n) is 2.06. The molecule has 0 unspecified atom stereocenters. The first-order chi connectivity index (χ1) is 11.6. The molecule has 0 aliphatic rings. The van der Waals surface area contributed by atoms with Crippen molar-refractivity contribution in [1.29, 1.82) is 0 Å². The summed E-state index contributed by atoms with van der Waals surface area (Å²) in [6.45, 7) is 1.89. The van der Waals surface area contributed by atoms with Crippen LogP contribution in [0.25, 0.3) is 0 Å². The predicted molar refractivity (Wildman–Crippen MR) is 92.8 cm³/mol. The number of amides is 1. The van der Waals surface area contributed by atoms with Gasteiger partial charge in [0.2, 0.25) is 0 Å². The monoisotopic (exact) mass is 329 g/mol. The van der Waals surface area contributed by atoms with Crippen molar-refractivity contribution in [3.63, 3.8) is 0 Å². The van der Waals surface area contributed by atoms with Gasteiger partial charge in [-0.05, 0) is 36.8 Å². The van der Waals surface area contributed by atoms with Crippen LogP contribution in [0.2, 0.25) is 0 Å². The zero-order valence-electron chi connectivity index (χ0n) is 13.6. The first-order valence-electron chi connectivity index (χ1n) is 7.62. The summed E-state index contributed by atoms with van der Waals surface area (Å²) in [6, 6.07) is 13.0. The van der Waals surface area contributed by atoms with E-state index in [1.807, 2.05) is 31.2 Å². The standard InChI is InChI=1S/C18H20FN3O2/c1-3-17(21-14-8-10-15(24-2)11-9-14)18(23)22-20-12-13-6-4-5-7-16(13)19/h4-12,17,21H,3H2,1-2H3,(H,22,23)/t17-/m1/s1. The molecule has 0 bridgehead atoms. The van der Waals surface area contributed by atoms with Gasteiger partial charge in [0, 0.05) is 11.3 Å². The molecule has 24 heavy (non-hydrogen) atoms. The number of hydrazone groups is 1. The summed E-state index contributed by atoms with van der Waals surface area (Å²) in [5, 5.41) is 6.94. The molecule has 2 rings (SSSR count). The molecule has 0 aliphatic carbocycles. The van der Waals surface area contributed by atoms with Gasteiger partial charge in [0.05, 0.1) is 13.3 Å². The summed E-state index contributed by atoms with van der Waals surface area (Å²) in [6.07, 6.45) is 1.86. The molecule has 0 fully saturated rings. The quantitative estimate of drug-likeness (QED) is 0.606. The Morgan fingerprint density at radius 3 is 2.58 bits per heavy atom. The normalized spacial score (nSPS) is 12.0. The van der Waals surface area contributed by atoms with Crippen LogP contribution in [-0.4, -0.2) is 25.3 Å². The van der Waals surface area contributed by atoms with Crippen molar-refractivity contribution in [2.75, 3.05) is 12.4 Å². The van der Waals surface area contributed by atoms with Gasteiger partial charge in [0.15, 0.2) is 0 Å². The van der Waals surface area contributed by atoms with Crippen molar-refractivity contribution in [2.24, 2.45) is 5.10 Å². The second kappa shape index (κ2) is 8.67. The third-order valence-electron chi connectivity index (χ3n) is 3.44. The van der Waals surface area contributed by atoms with Gasteiger partial charge in [-0.25, -0.2) is 9.82 Å². The molecule has 6 heteroatoms. The van der Waals surface area contributed by atoms with E-state index in [2.05, 4.69) is 15.8 Å². The molecular formula is C18H20FN3O2. The van der Waals surface area contributed by atoms with E-state index >= 15 is 0 Å². The van der Waals surface area contributed by atoms with E-state index in [1.54, 1.807) is 25.3 Å². The predicted octanol–water partition coefficient (Wildman–Crippen LogP) is 3.18. The zero-order chi connectivity index (χ0) is 17.4. The van der Waals surface area contributed by atoms with Gasteiger partial charge in [-0.1, -0.05) is 25.1 Å². The van der Waals surface area contributed by atoms with Crippen LogP contribution in [-0.2, 0) is 4.79 Å². The number of methoxy groups -OCH3 is 1. The van der Waals surface area contributed by atoms with E-state index in [-0.39, 0.29) is 11.7 Å². The molecule has 2 aromatic carbocycles. The number of carbonyl (C=O) groups excluding carboxylic acids is 1. The van der Waals surface area contributed by atoms with Crippen LogP contribution in [0, 0.1) is 5.82 Å². The largest absolute Gasteiger partial charge is 0.497 e. The smallest absolute Gasteiger partial charge is 0.262 e. The Morgan fingerprint density at radius 2 is 1.96 bits per heavy atom. The van der Waals surface area contributed by atoms with Gasteiger partial charge in [0.25, 0.3) is 5.91 Å². The first-order valence-corrected chi connectivity index (χ1v) is 7.62. The third kappa shape index (κ3) is 4.81. The molecule has 0 aromatic heterocycles. The van der Waals surface area contributed by atoms with Crippen LogP contribution in [0.4, 0.5) is 10.1 Å². The lowest BCUT2D eigenvalue weighted by atomic mass is 10.2. The lowest BCUT2D eigenvalue weighted by Crippen LogP contribution is -2.36. The molecule has 1 amide bonds. The first kappa shape index (κ1) is 17.5. The lowest BCUT2D eigenvalue weighted by molar-refractivity contribution is -0.121. The molecule has 0 aliphatic heterocycles. The molecular weight excluding hydrogens is 309 g/mol. The Bertz CT molecular complexity index is 702. The maximum absolute atomic E-state index is 13.5. The number of benzene rings is 2. The van der Waals surface area contributed by atoms with Crippen LogP contribution < -0.4 is 15.5 Å². The zero-order valence-corrected chi connectivity index (χ0v) is 13.6. The van der Waals surface area contributed by atoms with Crippen molar-refractivity contribution in [2.45, 2.75) is 19.4 Å². The van der Waals surface area contributed by atoms with Crippen LogP contribution in [0.15, 0.2) is 53.6 Å². The van der Waals surface area contributed by atoms with Crippen LogP contribution in [0.3, 0.4) is 0 Å². The maximum atomic E-state index is 13.5. The third-order valence-corrected chi connectivity index (χ3v) is 3.44. The number of hydrogen-bond donors (Lipinski definition) is 2. The van der Waals surface area contributed by atoms with Gasteiger partial charge in [-0.2, -0.15) is 5.10 Å². The van der Waals surface area contributed by atoms with Gasteiger partial charge in [0.1, 0.15) is 17.6 Å². The van der Waals surface area contributed by atoms with E-state index in [4.69, 9.17) is 4.74 Å². The van der Waals surface area contributed by atoms with Gasteiger partial charge in [-0.3, -0.25) is 4.79 Å². The summed E-state index contributed by atoms with van der Waals surface area (Å²) in [4.78, 5) is 12.2. The van der Waals surface area contributed by atoms with Gasteiger partial charge < -0.3 is 10.1 Å². The molecule has 0 radical (unpaired) electrons. The highest BCUT2D eigenvalue weighted by atomic mass is 19.1. The van der Waals surface area contributed by atoms with Crippen LogP contribution in [0.1, 0.15) is 18.9 Å². The topological polar surface area (TPSA) is 62.7 Å². The number of carbonyl (C=O) groups is 1. The minimum Gasteiger partial charge on any atom is -0.497 e. The molecule has 0 saturated carbocycles. The van der Waals surface area contributed by atoms with E-state index in [0.717, 1.165) is 11.4 Å². The van der Waals surface area contributed by atoms with Crippen molar-refractivity contribution in [3.8, 4) is 5.75 Å². The Kier molecular flexibility index (Phi) is 6.31. The Morgan fingerprint density at radius 1 is 1.25 bits per heavy atom. The second-order valence-electron chi connectivity index (χ2n) is 5.09. The number of nitrogens with one attached hydrogen (secondary N) is 2. The van der Waals surface area contributed by atoms with E-state index < -0.39 is 6.04 Å². The number of rotatable bonds is 7. The van der Waals surface area contributed by atoms with E-state index in [0.29, 0.717) is 12.0 Å². The SMILES string of the molecule is CC[C@@H](Nc1ccc(OC)cc1)C(=O)NN=Cc1ccccc1F. The Hall–Kier alpha value is -2.89. The lowest BCUT2D eigenvalue weighted by Gasteiger charge is -2.16. The average molecular weight is 329 g/mol. The van der Waals surface area contributed by atoms with Crippen LogP contribution >= 0.6 is 0 Å². The maximum Gasteiger partial charge on any atom is 0.262 e. The van der Waals surface area contributed by atoms with Crippen molar-refractivity contribution in [3.05, 3.63) is 59.9 Å². The van der Waals surface area contributed by atoms with E-state index in [9.17, 15) is 9.18 Å². The number of nitrogens with zero attached hydrogens (tertiary/aromatic N) is 1. The van der Waals surface area contributed by atoms with Crippen LogP contribution in [0.5, 0.6) is 5.75 Å². The molecule has 0 heterocycles. The average Bonchev–Trinajstić information content (AvgIpc) is 2.61. The second-order valence-corrected chi connectivity index (χ2v) is 5.09. The molecule has 1 atom stereocenters. The molecule has 126 valence electrons. The molecule has 0 saturated heterocycles. The summed E-state index contributed by atoms with van der Waals surface area (Å²) in [5.41, 5.74) is 3.54. The number of anilines is 1. The fraction of sp³-hybridized carbons (Fsp3) is 0.222. The van der Waals surface area contributed by atoms with Crippen molar-refractivity contribution >= 4 is 17.8 Å². The highest BCUT2D eigenvalue weighted by molar-refractivity contribution is 5.86. The van der Waals surface area contributed by atoms with Crippen molar-refractivity contribution in [1.82, 2.24) is 5.43 Å². The van der Waals surface area contributed by atoms with Gasteiger partial charge >= 0.3 is 0 Å². The molecule has 0 spiro atoms. The Labute approximate surface area is 140 Å². The summed E-state index contributed by atoms with van der Waals surface area (Å²) >= 11 is 0. The highest BCUT2D eigenvalue weighted by Gasteiger charge is 2.15. The molecule has 2 aromatic rings. The summed E-state index contributed by atoms with van der Waals surface area (Å²) in [7, 11) is 1.60. The van der Waals surface area contributed by atoms with Gasteiger partial charge in [-0.15, -0.1) is 0 Å². The van der Waals surface area contributed by atoms with Crippen molar-refractivity contribution < 1.29 is 13.9 Å². The number of halogens is 1.